The first-order valence-electron chi connectivity index (χ1n) is 22.4. The summed E-state index contributed by atoms with van der Waals surface area (Å²) in [6.45, 7) is 12.1. The fourth-order valence-electron chi connectivity index (χ4n) is 5.20. The molecule has 3 aromatic heterocycles. The van der Waals surface area contributed by atoms with Gasteiger partial charge in [0.15, 0.2) is 6.29 Å². The minimum atomic E-state index is -4.40. The molecule has 82 heavy (non-hydrogen) atoms. The molecule has 6 N–H and O–H groups in total. The van der Waals surface area contributed by atoms with Gasteiger partial charge in [0.1, 0.15) is 12.2 Å². The fraction of sp³-hybridized carbons (Fsp3) is 0.327. The van der Waals surface area contributed by atoms with E-state index in [0.717, 1.165) is 67.8 Å². The molecule has 0 saturated heterocycles. The molecule has 0 aliphatic heterocycles. The van der Waals surface area contributed by atoms with E-state index in [1.165, 1.54) is 74.5 Å². The molecule has 0 aliphatic rings. The molecule has 1 atom stereocenters. The molecule has 3 heterocycles. The molecular formula is C55H63F13Ir3N3O8-3. The second-order valence-electron chi connectivity index (χ2n) is 16.6. The molecule has 0 amide bonds. The smallest absolute Gasteiger partial charge is 0.417 e. The molecule has 6 rings (SSSR count). The molecular weight excluding hydrogens is 1650 g/mol. The molecule has 27 heteroatoms. The van der Waals surface area contributed by atoms with Crippen molar-refractivity contribution in [2.45, 2.75) is 93.1 Å². The van der Waals surface area contributed by atoms with Gasteiger partial charge in [-0.05, 0) is 55.6 Å². The van der Waals surface area contributed by atoms with Crippen molar-refractivity contribution in [2.75, 3.05) is 13.2 Å². The van der Waals surface area contributed by atoms with Crippen LogP contribution in [0, 0.1) is 47.5 Å². The van der Waals surface area contributed by atoms with Gasteiger partial charge in [-0.2, -0.15) is 39.5 Å². The number of rotatable bonds is 13. The van der Waals surface area contributed by atoms with Crippen molar-refractivity contribution in [1.29, 1.82) is 0 Å². The fourth-order valence-corrected chi connectivity index (χ4v) is 5.20. The number of aliphatic hydroxyl groups is 2. The Morgan fingerprint density at radius 3 is 1.10 bits per heavy atom. The first-order valence-corrected chi connectivity index (χ1v) is 22.4. The summed E-state index contributed by atoms with van der Waals surface area (Å²) in [6.07, 6.45) is -9.04. The first kappa shape index (κ1) is 87.9. The Kier molecular flexibility index (Phi) is 46.5. The van der Waals surface area contributed by atoms with Gasteiger partial charge in [-0.15, -0.1) is 89.5 Å². The Morgan fingerprint density at radius 1 is 0.573 bits per heavy atom. The van der Waals surface area contributed by atoms with E-state index in [9.17, 15) is 62.3 Å². The maximum absolute atomic E-state index is 12.6. The summed E-state index contributed by atoms with van der Waals surface area (Å²) < 4.78 is 158. The quantitative estimate of drug-likeness (QED) is 0.0282. The number of carbonyl (C=O) groups excluding carboxylic acids is 2. The minimum absolute atomic E-state index is 0. The number of hydrogen-bond acceptors (Lipinski definition) is 9. The summed E-state index contributed by atoms with van der Waals surface area (Å²) in [5.41, 5.74) is -0.163. The predicted octanol–water partition coefficient (Wildman–Crippen LogP) is 13.9. The summed E-state index contributed by atoms with van der Waals surface area (Å²) in [4.78, 5) is 32.3. The van der Waals surface area contributed by atoms with Crippen LogP contribution >= 0.6 is 0 Å². The predicted molar refractivity (Wildman–Crippen MR) is 272 cm³/mol. The Morgan fingerprint density at radius 2 is 0.878 bits per heavy atom. The van der Waals surface area contributed by atoms with Crippen LogP contribution in [0.1, 0.15) is 86.3 Å². The number of hydrogen-bond donors (Lipinski definition) is 2. The SMILES string of the molecule is C.CC(=O)CC(=O)OCCC(C)C.CC(O)=CC(O)OCCC(C)C.F.Fc1c[c-]c(-c2ccc(C(F)(F)F)cn2)cc1.Fc1c[c-]c(-c2ccc(C(F)(F)F)cn2)cc1.Fc1c[c-]c(-c2ccc(C(F)(F)F)cn2)cc1.O.O.[3HH].[Ir].[Ir].[Ir]. The Balaban J connectivity index is -0.000000171. The zero-order chi connectivity index (χ0) is 56.5. The van der Waals surface area contributed by atoms with Gasteiger partial charge in [0.25, 0.3) is 0 Å². The van der Waals surface area contributed by atoms with Crippen LogP contribution < -0.4 is 0 Å². The van der Waals surface area contributed by atoms with Crippen LogP contribution in [-0.2, 0) is 97.9 Å². The third-order valence-electron chi connectivity index (χ3n) is 9.14. The van der Waals surface area contributed by atoms with Gasteiger partial charge in [0.2, 0.25) is 0 Å². The van der Waals surface area contributed by atoms with Crippen molar-refractivity contribution >= 4 is 11.8 Å². The number of halogens is 13. The molecule has 0 bridgehead atoms. The number of aromatic nitrogens is 3. The van der Waals surface area contributed by atoms with Crippen molar-refractivity contribution in [3.63, 3.8) is 0 Å². The third kappa shape index (κ3) is 37.0. The number of allylic oxidation sites excluding steroid dienone is 1. The molecule has 0 aliphatic carbocycles. The molecule has 3 radical (unpaired) electrons. The van der Waals surface area contributed by atoms with Crippen molar-refractivity contribution in [1.82, 2.24) is 15.0 Å². The Labute approximate surface area is 508 Å². The van der Waals surface area contributed by atoms with Gasteiger partial charge in [0.05, 0.1) is 35.7 Å². The zero-order valence-corrected chi connectivity index (χ0v) is 50.7. The molecule has 0 spiro atoms. The van der Waals surface area contributed by atoms with Crippen molar-refractivity contribution in [2.24, 2.45) is 11.8 Å². The van der Waals surface area contributed by atoms with Gasteiger partial charge in [0, 0.05) is 104 Å². The van der Waals surface area contributed by atoms with E-state index in [4.69, 9.17) is 19.7 Å². The summed E-state index contributed by atoms with van der Waals surface area (Å²) >= 11 is 0. The first-order chi connectivity index (χ1) is 34.9. The van der Waals surface area contributed by atoms with Crippen molar-refractivity contribution in [3.05, 3.63) is 174 Å². The minimum Gasteiger partial charge on any atom is -0.513 e. The number of Topliss-reactive ketones (excluding diaryl/α,β-unsaturated/α-hetero) is 1. The number of carbonyl (C=O) groups is 2. The Bertz CT molecular complexity index is 2420. The van der Waals surface area contributed by atoms with Gasteiger partial charge < -0.3 is 45.6 Å². The van der Waals surface area contributed by atoms with E-state index in [0.29, 0.717) is 58.8 Å². The number of aliphatic hydroxyl groups excluding tert-OH is 2. The number of benzene rings is 3. The molecule has 0 fully saturated rings. The number of nitrogens with zero attached hydrogens (tertiary/aromatic N) is 3. The van der Waals surface area contributed by atoms with E-state index in [2.05, 4.69) is 60.8 Å². The van der Waals surface area contributed by atoms with Crippen LogP contribution in [0.5, 0.6) is 0 Å². The van der Waals surface area contributed by atoms with Crippen LogP contribution in [-0.4, -0.2) is 67.4 Å². The average Bonchev–Trinajstić information content (AvgIpc) is 3.32. The topological polar surface area (TPSA) is 195 Å². The van der Waals surface area contributed by atoms with E-state index < -0.39 is 64.9 Å². The largest absolute Gasteiger partial charge is 0.513 e. The van der Waals surface area contributed by atoms with Gasteiger partial charge in [-0.3, -0.25) is 27.5 Å². The van der Waals surface area contributed by atoms with Crippen molar-refractivity contribution in [3.8, 4) is 33.8 Å². The van der Waals surface area contributed by atoms with Crippen LogP contribution in [0.3, 0.4) is 0 Å². The van der Waals surface area contributed by atoms with Gasteiger partial charge in [-0.25, -0.2) is 0 Å². The average molecular weight is 1720 g/mol. The molecule has 467 valence electrons. The van der Waals surface area contributed by atoms with Crippen molar-refractivity contribution < 1.29 is 159 Å². The summed E-state index contributed by atoms with van der Waals surface area (Å²) in [7, 11) is 0. The Hall–Kier alpha value is -5.33. The molecule has 3 aromatic carbocycles. The number of alkyl halides is 9. The number of ketones is 1. The van der Waals surface area contributed by atoms with Gasteiger partial charge in [-0.1, -0.05) is 71.5 Å². The van der Waals surface area contributed by atoms with Crippen LogP contribution in [0.15, 0.2) is 121 Å². The van der Waals surface area contributed by atoms with Gasteiger partial charge >= 0.3 is 24.5 Å². The van der Waals surface area contributed by atoms with E-state index in [1.807, 2.05) is 0 Å². The second-order valence-corrected chi connectivity index (χ2v) is 16.6. The summed E-state index contributed by atoms with van der Waals surface area (Å²) in [5, 5.41) is 17.8. The summed E-state index contributed by atoms with van der Waals surface area (Å²) in [5.74, 6) is -0.770. The zero-order valence-electron chi connectivity index (χ0n) is 43.6. The maximum Gasteiger partial charge on any atom is 0.417 e. The van der Waals surface area contributed by atoms with Crippen LogP contribution in [0.4, 0.5) is 57.4 Å². The molecule has 0 saturated carbocycles. The standard InChI is InChI=1S/3C12H6F4N.C9H18O3.C9H16O3.CH4.FH.3Ir.2H2O.H2/c3*13-10-4-1-8(2-5-10)11-6-3-9(7-17-11)12(14,15)16;2*1-7(2)4-5-12-9(11)6-8(3)10;;;;;;;;/h3*1,3-7H;6-7,9-11H,4-5H2,1-3H3;7H,4-6H2,1-3H3;1H4;1H;;;;2*1H2;1H/q3*-1;;;;;;;;;;/i;;;;;;;;;;;;1+2. The van der Waals surface area contributed by atoms with Crippen LogP contribution in [0.2, 0.25) is 0 Å². The normalized spacial score (nSPS) is 10.9. The monoisotopic (exact) mass is 1720 g/mol. The van der Waals surface area contributed by atoms with E-state index >= 15 is 0 Å². The third-order valence-corrected chi connectivity index (χ3v) is 9.14. The van der Waals surface area contributed by atoms with Crippen LogP contribution in [0.25, 0.3) is 33.8 Å². The van der Waals surface area contributed by atoms with E-state index in [-0.39, 0.29) is 103 Å². The number of ether oxygens (including phenoxy) is 2. The van der Waals surface area contributed by atoms with E-state index in [1.54, 1.807) is 0 Å². The molecule has 11 nitrogen and oxygen atoms in total. The molecule has 1 unspecified atom stereocenters. The number of esters is 1. The number of pyridine rings is 3. The molecule has 6 aromatic rings. The second kappa shape index (κ2) is 43.3. The maximum atomic E-state index is 12.6. The summed E-state index contributed by atoms with van der Waals surface area (Å²) in [6, 6.07) is 25.4.